The fraction of sp³-hybridized carbons (Fsp3) is 0.333. The second kappa shape index (κ2) is 5.64. The molecule has 0 spiro atoms. The van der Waals surface area contributed by atoms with Crippen molar-refractivity contribution in [3.63, 3.8) is 0 Å². The Bertz CT molecular complexity index is 995. The fourth-order valence-electron chi connectivity index (χ4n) is 2.78. The molecule has 2 atom stereocenters. The Morgan fingerprint density at radius 1 is 1.24 bits per heavy atom. The Balaban J connectivity index is 1.69. The van der Waals surface area contributed by atoms with Gasteiger partial charge in [0.2, 0.25) is 6.43 Å². The van der Waals surface area contributed by atoms with E-state index >= 15 is 0 Å². The topological polar surface area (TPSA) is 65.6 Å². The first-order chi connectivity index (χ1) is 12.0. The number of aromatic nitrogens is 5. The molecule has 0 amide bonds. The molecule has 1 saturated carbocycles. The van der Waals surface area contributed by atoms with Crippen LogP contribution in [0.15, 0.2) is 29.2 Å². The number of rotatable bonds is 4. The minimum Gasteiger partial charge on any atom is -0.265 e. The van der Waals surface area contributed by atoms with Crippen LogP contribution in [0.25, 0.3) is 11.0 Å². The molecule has 0 aliphatic heterocycles. The highest BCUT2D eigenvalue weighted by atomic mass is 19.3. The van der Waals surface area contributed by atoms with E-state index in [1.165, 1.54) is 16.9 Å². The lowest BCUT2D eigenvalue weighted by atomic mass is 10.2. The minimum atomic E-state index is -2.53. The van der Waals surface area contributed by atoms with Crippen molar-refractivity contribution in [2.75, 3.05) is 0 Å². The largest absolute Gasteiger partial charge is 0.298 e. The minimum absolute atomic E-state index is 0.0772. The number of alkyl halides is 2. The van der Waals surface area contributed by atoms with Crippen molar-refractivity contribution in [2.45, 2.75) is 25.4 Å². The summed E-state index contributed by atoms with van der Waals surface area (Å²) in [6, 6.07) is 2.78. The molecule has 0 bridgehead atoms. The molecule has 2 heterocycles. The van der Waals surface area contributed by atoms with Gasteiger partial charge in [0.15, 0.2) is 5.52 Å². The lowest BCUT2D eigenvalue weighted by molar-refractivity contribution is 0.115. The molecule has 4 rings (SSSR count). The third-order valence-electron chi connectivity index (χ3n) is 4.23. The van der Waals surface area contributed by atoms with Crippen molar-refractivity contribution in [1.82, 2.24) is 24.8 Å². The van der Waals surface area contributed by atoms with Crippen LogP contribution in [0.1, 0.15) is 18.0 Å². The predicted molar refractivity (Wildman–Crippen MR) is 78.2 cm³/mol. The predicted octanol–water partition coefficient (Wildman–Crippen LogP) is 2.14. The highest BCUT2D eigenvalue weighted by Gasteiger charge is 2.47. The van der Waals surface area contributed by atoms with E-state index in [9.17, 15) is 22.4 Å². The van der Waals surface area contributed by atoms with Crippen molar-refractivity contribution < 1.29 is 17.6 Å². The lowest BCUT2D eigenvalue weighted by Gasteiger charge is -2.04. The van der Waals surface area contributed by atoms with Gasteiger partial charge in [-0.2, -0.15) is 5.10 Å². The summed E-state index contributed by atoms with van der Waals surface area (Å²) < 4.78 is 54.9. The maximum absolute atomic E-state index is 13.7. The molecule has 1 fully saturated rings. The van der Waals surface area contributed by atoms with Gasteiger partial charge < -0.3 is 0 Å². The molecular weight excluding hydrogens is 342 g/mol. The third kappa shape index (κ3) is 2.67. The number of hydrogen-bond donors (Lipinski definition) is 0. The first kappa shape index (κ1) is 15.7. The number of fused-ring (bicyclic) bond motifs is 1. The molecule has 6 nitrogen and oxygen atoms in total. The highest BCUT2D eigenvalue weighted by Crippen LogP contribution is 2.46. The average Bonchev–Trinajstić information content (AvgIpc) is 3.24. The summed E-state index contributed by atoms with van der Waals surface area (Å²) in [7, 11) is 0. The van der Waals surface area contributed by atoms with E-state index in [-0.39, 0.29) is 29.6 Å². The maximum Gasteiger partial charge on any atom is 0.298 e. The van der Waals surface area contributed by atoms with Gasteiger partial charge in [0, 0.05) is 11.5 Å². The Morgan fingerprint density at radius 3 is 2.60 bits per heavy atom. The van der Waals surface area contributed by atoms with Crippen LogP contribution in [0.3, 0.4) is 0 Å². The van der Waals surface area contributed by atoms with E-state index in [2.05, 4.69) is 15.4 Å². The molecule has 0 radical (unpaired) electrons. The summed E-state index contributed by atoms with van der Waals surface area (Å²) >= 11 is 0. The average molecular weight is 353 g/mol. The van der Waals surface area contributed by atoms with Crippen molar-refractivity contribution >= 4 is 11.0 Å². The number of benzene rings is 1. The van der Waals surface area contributed by atoms with Gasteiger partial charge in [0.25, 0.3) is 5.56 Å². The summed E-state index contributed by atoms with van der Waals surface area (Å²) in [5, 5.41) is 11.5. The van der Waals surface area contributed by atoms with Crippen molar-refractivity contribution in [2.24, 2.45) is 5.92 Å². The summed E-state index contributed by atoms with van der Waals surface area (Å²) in [6.07, 6.45) is -1.05. The number of nitrogens with zero attached hydrogens (tertiary/aromatic N) is 5. The zero-order chi connectivity index (χ0) is 17.7. The molecule has 2 aromatic heterocycles. The van der Waals surface area contributed by atoms with Gasteiger partial charge in [-0.3, -0.25) is 9.48 Å². The first-order valence-electron chi connectivity index (χ1n) is 7.49. The van der Waals surface area contributed by atoms with Crippen LogP contribution >= 0.6 is 0 Å². The Labute approximate surface area is 137 Å². The number of halogens is 4. The summed E-state index contributed by atoms with van der Waals surface area (Å²) in [6.45, 7) is -0.239. The van der Waals surface area contributed by atoms with E-state index in [1.807, 2.05) is 0 Å². The number of hydrogen-bond acceptors (Lipinski definition) is 4. The Morgan fingerprint density at radius 2 is 1.96 bits per heavy atom. The van der Waals surface area contributed by atoms with Crippen LogP contribution in [0.2, 0.25) is 0 Å². The standard InChI is InChI=1S/C15H11F4N5O/c16-9-2-1-3-10(17)8(9)5-23-6-11-13(21-23)15(25)24(22-20-11)12-4-7(12)14(18)19/h1-3,6-7,12,14H,4-5H2/t7-,12-/m1/s1. The highest BCUT2D eigenvalue weighted by molar-refractivity contribution is 5.71. The molecule has 0 N–H and O–H groups in total. The summed E-state index contributed by atoms with van der Waals surface area (Å²) in [5.74, 6) is -2.39. The second-order valence-electron chi connectivity index (χ2n) is 5.90. The van der Waals surface area contributed by atoms with Gasteiger partial charge in [0.05, 0.1) is 18.8 Å². The Hall–Kier alpha value is -2.78. The zero-order valence-corrected chi connectivity index (χ0v) is 12.6. The Kier molecular flexibility index (Phi) is 3.55. The molecule has 130 valence electrons. The van der Waals surface area contributed by atoms with Gasteiger partial charge in [-0.25, -0.2) is 22.2 Å². The van der Waals surface area contributed by atoms with Crippen molar-refractivity contribution in [3.8, 4) is 0 Å². The lowest BCUT2D eigenvalue weighted by Crippen LogP contribution is -2.24. The van der Waals surface area contributed by atoms with Crippen LogP contribution < -0.4 is 5.56 Å². The second-order valence-corrected chi connectivity index (χ2v) is 5.90. The molecule has 10 heteroatoms. The molecule has 1 aliphatic carbocycles. The summed E-state index contributed by atoms with van der Waals surface area (Å²) in [4.78, 5) is 12.4. The fourth-order valence-corrected chi connectivity index (χ4v) is 2.78. The monoisotopic (exact) mass is 353 g/mol. The molecule has 0 saturated heterocycles. The first-order valence-corrected chi connectivity index (χ1v) is 7.49. The van der Waals surface area contributed by atoms with Gasteiger partial charge in [-0.15, -0.1) is 5.10 Å². The SMILES string of the molecule is O=c1c2nn(Cc3c(F)cccc3F)cc2nnn1[C@@H]1C[C@H]1C(F)F. The van der Waals surface area contributed by atoms with Crippen LogP contribution in [-0.4, -0.2) is 31.2 Å². The molecule has 1 aliphatic rings. The molecule has 3 aromatic rings. The molecule has 0 unspecified atom stereocenters. The maximum atomic E-state index is 13.7. The van der Waals surface area contributed by atoms with E-state index in [1.54, 1.807) is 0 Å². The van der Waals surface area contributed by atoms with Gasteiger partial charge in [-0.05, 0) is 18.6 Å². The van der Waals surface area contributed by atoms with Crippen molar-refractivity contribution in [1.29, 1.82) is 0 Å². The van der Waals surface area contributed by atoms with Crippen LogP contribution in [-0.2, 0) is 6.54 Å². The van der Waals surface area contributed by atoms with Crippen molar-refractivity contribution in [3.05, 3.63) is 51.9 Å². The molecule has 25 heavy (non-hydrogen) atoms. The molecular formula is C15H11F4N5O. The zero-order valence-electron chi connectivity index (χ0n) is 12.6. The quantitative estimate of drug-likeness (QED) is 0.674. The van der Waals surface area contributed by atoms with E-state index in [0.29, 0.717) is 0 Å². The van der Waals surface area contributed by atoms with Crippen LogP contribution in [0.5, 0.6) is 0 Å². The third-order valence-corrected chi connectivity index (χ3v) is 4.23. The van der Waals surface area contributed by atoms with Crippen LogP contribution in [0, 0.1) is 17.6 Å². The van der Waals surface area contributed by atoms with Crippen LogP contribution in [0.4, 0.5) is 17.6 Å². The van der Waals surface area contributed by atoms with E-state index in [0.717, 1.165) is 16.8 Å². The van der Waals surface area contributed by atoms with Gasteiger partial charge in [0.1, 0.15) is 17.2 Å². The smallest absolute Gasteiger partial charge is 0.265 e. The van der Waals surface area contributed by atoms with E-state index in [4.69, 9.17) is 0 Å². The van der Waals surface area contributed by atoms with Gasteiger partial charge >= 0.3 is 0 Å². The van der Waals surface area contributed by atoms with E-state index < -0.39 is 35.6 Å². The normalized spacial score (nSPS) is 19.7. The van der Waals surface area contributed by atoms with Gasteiger partial charge in [-0.1, -0.05) is 11.3 Å². The molecule has 1 aromatic carbocycles. The summed E-state index contributed by atoms with van der Waals surface area (Å²) in [5.41, 5.74) is -0.798.